The summed E-state index contributed by atoms with van der Waals surface area (Å²) in [5, 5.41) is 24.0. The maximum Gasteiger partial charge on any atom is 0.373 e. The predicted octanol–water partition coefficient (Wildman–Crippen LogP) is 6.27. The van der Waals surface area contributed by atoms with E-state index in [1.165, 1.54) is 68.4 Å². The zero-order valence-electron chi connectivity index (χ0n) is 54.2. The number of amides is 3. The van der Waals surface area contributed by atoms with Crippen molar-refractivity contribution in [3.8, 4) is 5.75 Å². The molecule has 0 aromatic heterocycles. The minimum Gasteiger partial charge on any atom is -0.508 e. The molecule has 1 aromatic carbocycles. The molecule has 3 amide bonds. The summed E-state index contributed by atoms with van der Waals surface area (Å²) in [5.41, 5.74) is 18.6. The zero-order valence-corrected chi connectivity index (χ0v) is 54.2. The molecule has 512 valence electrons. The summed E-state index contributed by atoms with van der Waals surface area (Å²) < 4.78 is 22.1. The molecule has 2 rings (SSSR count). The first-order valence-corrected chi connectivity index (χ1v) is 33.2. The third-order valence-corrected chi connectivity index (χ3v) is 15.8. The topological polar surface area (TPSA) is 369 Å². The maximum absolute atomic E-state index is 13.8. The Kier molecular flexibility index (Phi) is 50.3. The van der Waals surface area contributed by atoms with Crippen LogP contribution in [0.25, 0.3) is 0 Å². The van der Waals surface area contributed by atoms with Gasteiger partial charge in [-0.25, -0.2) is 10.9 Å². The number of aliphatic carboxylic acids is 1. The molecule has 5 atom stereocenters. The molecule has 1 aliphatic rings. The molecular formula is C66H111N7O17. The molecule has 1 unspecified atom stereocenters. The average molecular weight is 1270 g/mol. The summed E-state index contributed by atoms with van der Waals surface area (Å²) in [4.78, 5) is 131. The molecule has 24 heteroatoms. The van der Waals surface area contributed by atoms with E-state index in [2.05, 4.69) is 21.5 Å². The number of likely N-dealkylation sites (tertiary alicyclic amines) is 1. The number of carbonyl (C=O) groups is 9. The van der Waals surface area contributed by atoms with Gasteiger partial charge in [0.1, 0.15) is 24.7 Å². The number of ether oxygens (including phenoxy) is 4. The highest BCUT2D eigenvalue weighted by Crippen LogP contribution is 2.23. The van der Waals surface area contributed by atoms with Crippen LogP contribution in [0.15, 0.2) is 24.3 Å². The van der Waals surface area contributed by atoms with Crippen LogP contribution >= 0.6 is 0 Å². The van der Waals surface area contributed by atoms with Gasteiger partial charge in [0.2, 0.25) is 29.3 Å². The summed E-state index contributed by atoms with van der Waals surface area (Å²) in [6.07, 6.45) is 24.9. The van der Waals surface area contributed by atoms with Gasteiger partial charge in [0.05, 0.1) is 57.1 Å². The Morgan fingerprint density at radius 2 is 1.11 bits per heavy atom. The number of nitrogens with two attached hydrogens (primary N) is 2. The van der Waals surface area contributed by atoms with Crippen LogP contribution in [0.2, 0.25) is 0 Å². The summed E-state index contributed by atoms with van der Waals surface area (Å²) in [6.45, 7) is 6.87. The van der Waals surface area contributed by atoms with Crippen molar-refractivity contribution in [3.05, 3.63) is 29.8 Å². The van der Waals surface area contributed by atoms with E-state index in [1.54, 1.807) is 12.1 Å². The van der Waals surface area contributed by atoms with E-state index in [1.807, 2.05) is 13.8 Å². The van der Waals surface area contributed by atoms with Crippen LogP contribution in [-0.2, 0) is 78.1 Å². The van der Waals surface area contributed by atoms with Crippen molar-refractivity contribution >= 4 is 58.8 Å². The standard InChI is InChI=1S/C65H111N7O15.CO2/c1-3-50(2)62(64(82)63(81)57-30-25-39-72(57)65(83)55(67)46-51-33-35-53(74)36-34-51)71-70-56(58(76)47-66)29-18-21-37-69-60(78)49-87-48-54(75)27-20-23-41-85-43-45-86-44-42-84-40-22-19-26-52(73)28-24-38-68-59(77)31-16-14-12-10-8-6-4-5-7-9-11-13-15-17-32-61(79)80;2-1-3/h33-36,50,55-57,62,70-71,74H,3-32,37-49,66-67H2,1-2H3,(H,68,77)(H,69,78)(H,79,80);/t50-,55-,56?,57-,62-;/m0./s1. The number of rotatable bonds is 59. The lowest BCUT2D eigenvalue weighted by molar-refractivity contribution is -0.192. The molecule has 0 spiro atoms. The Hall–Kier alpha value is -5.69. The lowest BCUT2D eigenvalue weighted by Crippen LogP contribution is -2.59. The van der Waals surface area contributed by atoms with Gasteiger partial charge in [0.15, 0.2) is 11.6 Å². The number of hydrogen-bond acceptors (Lipinski definition) is 20. The van der Waals surface area contributed by atoms with Gasteiger partial charge in [-0.3, -0.25) is 43.2 Å². The number of hydrogen-bond donors (Lipinski definition) is 8. The molecule has 1 saturated heterocycles. The molecular weight excluding hydrogens is 1160 g/mol. The van der Waals surface area contributed by atoms with Gasteiger partial charge < -0.3 is 56.2 Å². The molecule has 0 saturated carbocycles. The van der Waals surface area contributed by atoms with Crippen LogP contribution in [0.4, 0.5) is 0 Å². The summed E-state index contributed by atoms with van der Waals surface area (Å²) in [7, 11) is 0. The lowest BCUT2D eigenvalue weighted by Gasteiger charge is -2.30. The van der Waals surface area contributed by atoms with Gasteiger partial charge in [0, 0.05) is 65.0 Å². The van der Waals surface area contributed by atoms with Gasteiger partial charge in [0.25, 0.3) is 0 Å². The minimum atomic E-state index is -0.989. The Balaban J connectivity index is 0.0000132. The molecule has 1 fully saturated rings. The monoisotopic (exact) mass is 1270 g/mol. The number of carboxylic acid groups (broad SMARTS) is 1. The van der Waals surface area contributed by atoms with Gasteiger partial charge in [-0.15, -0.1) is 0 Å². The van der Waals surface area contributed by atoms with Gasteiger partial charge >= 0.3 is 12.1 Å². The van der Waals surface area contributed by atoms with Crippen molar-refractivity contribution in [1.29, 1.82) is 0 Å². The first-order chi connectivity index (χ1) is 43.5. The number of benzene rings is 1. The molecule has 24 nitrogen and oxygen atoms in total. The third-order valence-electron chi connectivity index (χ3n) is 15.8. The van der Waals surface area contributed by atoms with Crippen LogP contribution in [0.1, 0.15) is 212 Å². The second-order valence-electron chi connectivity index (χ2n) is 23.3. The van der Waals surface area contributed by atoms with Crippen molar-refractivity contribution in [1.82, 2.24) is 26.4 Å². The summed E-state index contributed by atoms with van der Waals surface area (Å²) >= 11 is 0. The van der Waals surface area contributed by atoms with Crippen LogP contribution < -0.4 is 33.0 Å². The van der Waals surface area contributed by atoms with Crippen molar-refractivity contribution in [2.24, 2.45) is 17.4 Å². The molecule has 1 heterocycles. The Labute approximate surface area is 534 Å². The van der Waals surface area contributed by atoms with Gasteiger partial charge in [-0.05, 0) is 107 Å². The number of nitrogens with zero attached hydrogens (tertiary/aromatic N) is 1. The fourth-order valence-electron chi connectivity index (χ4n) is 10.2. The van der Waals surface area contributed by atoms with E-state index < -0.39 is 47.6 Å². The molecule has 0 bridgehead atoms. The molecule has 10 N–H and O–H groups in total. The van der Waals surface area contributed by atoms with Crippen molar-refractivity contribution in [3.63, 3.8) is 0 Å². The van der Waals surface area contributed by atoms with E-state index in [0.29, 0.717) is 143 Å². The zero-order chi connectivity index (χ0) is 66.4. The van der Waals surface area contributed by atoms with Crippen molar-refractivity contribution < 1.29 is 81.9 Å². The highest BCUT2D eigenvalue weighted by molar-refractivity contribution is 6.41. The highest BCUT2D eigenvalue weighted by atomic mass is 16.5. The fourth-order valence-corrected chi connectivity index (χ4v) is 10.2. The predicted molar refractivity (Wildman–Crippen MR) is 339 cm³/mol. The van der Waals surface area contributed by atoms with E-state index >= 15 is 0 Å². The number of Topliss-reactive ketones (excluding diaryl/α,β-unsaturated/α-hetero) is 5. The van der Waals surface area contributed by atoms with Gasteiger partial charge in [-0.2, -0.15) is 9.59 Å². The van der Waals surface area contributed by atoms with E-state index in [4.69, 9.17) is 45.1 Å². The second kappa shape index (κ2) is 55.0. The van der Waals surface area contributed by atoms with Crippen molar-refractivity contribution in [2.45, 2.75) is 237 Å². The number of unbranched alkanes of at least 4 members (excludes halogenated alkanes) is 16. The van der Waals surface area contributed by atoms with E-state index in [9.17, 15) is 48.3 Å². The number of ketones is 5. The summed E-state index contributed by atoms with van der Waals surface area (Å²) in [6, 6.07) is 2.68. The Morgan fingerprint density at radius 3 is 1.67 bits per heavy atom. The largest absolute Gasteiger partial charge is 0.508 e. The number of phenols is 1. The Morgan fingerprint density at radius 1 is 0.611 bits per heavy atom. The third kappa shape index (κ3) is 42.4. The Bertz CT molecular complexity index is 2200. The SMILES string of the molecule is CC[C@H](C)[C@H](NNC(CCCCNC(=O)COCC(=O)CCCCOCCOCCOCCCCC(=O)CCCNC(=O)CCCCCCCCCCCCCCCCC(=O)O)C(=O)CN)C(=O)C(=O)[C@@H]1CCCN1C(=O)[C@@H](N)Cc1ccc(O)cc1.O=C=O. The van der Waals surface area contributed by atoms with Crippen molar-refractivity contribution in [2.75, 3.05) is 79.0 Å². The molecule has 1 aromatic rings. The molecule has 90 heavy (non-hydrogen) atoms. The molecule has 0 radical (unpaired) electrons. The van der Waals surface area contributed by atoms with E-state index in [0.717, 1.165) is 56.9 Å². The first-order valence-electron chi connectivity index (χ1n) is 33.2. The second-order valence-corrected chi connectivity index (χ2v) is 23.3. The number of aromatic hydroxyl groups is 1. The first kappa shape index (κ1) is 82.3. The number of nitrogens with one attached hydrogen (secondary N) is 4. The lowest BCUT2D eigenvalue weighted by atomic mass is 9.91. The highest BCUT2D eigenvalue weighted by Gasteiger charge is 2.42. The average Bonchev–Trinajstić information content (AvgIpc) is 2.34. The summed E-state index contributed by atoms with van der Waals surface area (Å²) in [5.74, 6) is -3.29. The van der Waals surface area contributed by atoms with E-state index in [-0.39, 0.29) is 79.6 Å². The molecule has 0 aliphatic carbocycles. The van der Waals surface area contributed by atoms with Crippen LogP contribution in [0, 0.1) is 5.92 Å². The number of carboxylic acids is 1. The number of carbonyl (C=O) groups excluding carboxylic acids is 10. The minimum absolute atomic E-state index is 0.0653. The van der Waals surface area contributed by atoms with Crippen LogP contribution in [0.3, 0.4) is 0 Å². The number of phenolic OH excluding ortho intramolecular Hbond substituents is 1. The fraction of sp³-hybridized carbons (Fsp3) is 0.758. The number of hydrazine groups is 1. The van der Waals surface area contributed by atoms with Crippen LogP contribution in [-0.4, -0.2) is 177 Å². The quantitative estimate of drug-likeness (QED) is 0.0202. The normalized spacial score (nSPS) is 14.1. The molecule has 1 aliphatic heterocycles. The van der Waals surface area contributed by atoms with Crippen LogP contribution in [0.5, 0.6) is 5.75 Å². The van der Waals surface area contributed by atoms with Gasteiger partial charge in [-0.1, -0.05) is 109 Å². The maximum atomic E-state index is 13.8. The smallest absolute Gasteiger partial charge is 0.373 e.